The number of carbonyl (C=O) groups excluding carboxylic acids is 2. The number of fused-ring (bicyclic) bond motifs is 1. The Kier molecular flexibility index (Phi) is 7.09. The second-order valence-electron chi connectivity index (χ2n) is 8.82. The zero-order valence-electron chi connectivity index (χ0n) is 19.4. The van der Waals surface area contributed by atoms with E-state index in [9.17, 15) is 31.9 Å². The number of amides is 2. The van der Waals surface area contributed by atoms with E-state index in [4.69, 9.17) is 0 Å². The molecule has 0 bridgehead atoms. The van der Waals surface area contributed by atoms with Gasteiger partial charge in [0.25, 0.3) is 5.56 Å². The van der Waals surface area contributed by atoms with Crippen molar-refractivity contribution in [3.05, 3.63) is 75.6 Å². The number of benzene rings is 2. The highest BCUT2D eigenvalue weighted by Crippen LogP contribution is 2.32. The molecule has 1 aromatic heterocycles. The SMILES string of the molecule is CC(=O)N1CCC(c2ccc3ncn(CC(=O)NCc4ccc(F)c(C(F)(F)F)c4)c(=O)c3c2)CC1. The molecule has 0 radical (unpaired) electrons. The predicted molar refractivity (Wildman–Crippen MR) is 123 cm³/mol. The lowest BCUT2D eigenvalue weighted by Gasteiger charge is -2.31. The first-order valence-electron chi connectivity index (χ1n) is 11.4. The predicted octanol–water partition coefficient (Wildman–Crippen LogP) is 3.60. The molecule has 2 amide bonds. The van der Waals surface area contributed by atoms with Crippen LogP contribution in [0.25, 0.3) is 10.9 Å². The molecule has 0 spiro atoms. The van der Waals surface area contributed by atoms with Gasteiger partial charge in [0.15, 0.2) is 0 Å². The van der Waals surface area contributed by atoms with E-state index in [1.165, 1.54) is 6.33 Å². The van der Waals surface area contributed by atoms with Gasteiger partial charge in [-0.25, -0.2) is 9.37 Å². The Morgan fingerprint density at radius 1 is 1.11 bits per heavy atom. The van der Waals surface area contributed by atoms with Crippen molar-refractivity contribution in [3.8, 4) is 0 Å². The van der Waals surface area contributed by atoms with Crippen LogP contribution in [0, 0.1) is 5.82 Å². The Hall–Kier alpha value is -3.76. The highest BCUT2D eigenvalue weighted by Gasteiger charge is 2.34. The van der Waals surface area contributed by atoms with Gasteiger partial charge < -0.3 is 10.2 Å². The molecule has 0 unspecified atom stereocenters. The van der Waals surface area contributed by atoms with Crippen LogP contribution in [0.5, 0.6) is 0 Å². The Morgan fingerprint density at radius 3 is 2.50 bits per heavy atom. The van der Waals surface area contributed by atoms with Crippen LogP contribution in [0.1, 0.15) is 42.4 Å². The van der Waals surface area contributed by atoms with Crippen molar-refractivity contribution in [1.29, 1.82) is 0 Å². The van der Waals surface area contributed by atoms with Gasteiger partial charge in [-0.1, -0.05) is 12.1 Å². The molecule has 1 fully saturated rings. The number of nitrogens with one attached hydrogen (secondary N) is 1. The van der Waals surface area contributed by atoms with Crippen molar-refractivity contribution >= 4 is 22.7 Å². The lowest BCUT2D eigenvalue weighted by atomic mass is 9.89. The molecule has 7 nitrogen and oxygen atoms in total. The minimum atomic E-state index is -4.85. The summed E-state index contributed by atoms with van der Waals surface area (Å²) in [5.41, 5.74) is -0.316. The molecular formula is C25H24F4N4O3. The first-order chi connectivity index (χ1) is 17.0. The topological polar surface area (TPSA) is 84.3 Å². The Balaban J connectivity index is 1.45. The van der Waals surface area contributed by atoms with Gasteiger partial charge in [-0.3, -0.25) is 19.0 Å². The van der Waals surface area contributed by atoms with Gasteiger partial charge in [-0.15, -0.1) is 0 Å². The third kappa shape index (κ3) is 5.55. The van der Waals surface area contributed by atoms with Crippen LogP contribution in [0.3, 0.4) is 0 Å². The second-order valence-corrected chi connectivity index (χ2v) is 8.82. The van der Waals surface area contributed by atoms with Crippen molar-refractivity contribution in [2.45, 2.75) is 44.9 Å². The lowest BCUT2D eigenvalue weighted by Crippen LogP contribution is -2.36. The van der Waals surface area contributed by atoms with Gasteiger partial charge in [-0.05, 0) is 54.2 Å². The molecule has 2 heterocycles. The number of halogens is 4. The summed E-state index contributed by atoms with van der Waals surface area (Å²) < 4.78 is 53.3. The summed E-state index contributed by atoms with van der Waals surface area (Å²) in [4.78, 5) is 43.0. The largest absolute Gasteiger partial charge is 0.419 e. The smallest absolute Gasteiger partial charge is 0.350 e. The molecule has 2 aromatic carbocycles. The van der Waals surface area contributed by atoms with Crippen molar-refractivity contribution in [2.24, 2.45) is 0 Å². The van der Waals surface area contributed by atoms with Crippen LogP contribution in [-0.2, 0) is 28.9 Å². The summed E-state index contributed by atoms with van der Waals surface area (Å²) in [5, 5.41) is 2.80. The zero-order valence-corrected chi connectivity index (χ0v) is 19.4. The van der Waals surface area contributed by atoms with Crippen molar-refractivity contribution < 1.29 is 27.2 Å². The summed E-state index contributed by atoms with van der Waals surface area (Å²) in [6.45, 7) is 2.19. The highest BCUT2D eigenvalue weighted by molar-refractivity contribution is 5.79. The number of rotatable bonds is 5. The number of alkyl halides is 3. The average Bonchev–Trinajstić information content (AvgIpc) is 2.84. The molecule has 3 aromatic rings. The Labute approximate surface area is 203 Å². The number of hydrogen-bond donors (Lipinski definition) is 1. The van der Waals surface area contributed by atoms with E-state index in [1.54, 1.807) is 24.0 Å². The Morgan fingerprint density at radius 2 is 1.83 bits per heavy atom. The highest BCUT2D eigenvalue weighted by atomic mass is 19.4. The fourth-order valence-electron chi connectivity index (χ4n) is 4.38. The van der Waals surface area contributed by atoms with Crippen LogP contribution in [0.15, 0.2) is 47.5 Å². The summed E-state index contributed by atoms with van der Waals surface area (Å²) in [7, 11) is 0. The molecule has 190 valence electrons. The molecule has 1 aliphatic heterocycles. The molecular weight excluding hydrogens is 480 g/mol. The van der Waals surface area contributed by atoms with Gasteiger partial charge in [-0.2, -0.15) is 13.2 Å². The first kappa shape index (κ1) is 25.3. The van der Waals surface area contributed by atoms with E-state index in [1.807, 2.05) is 6.07 Å². The molecule has 1 N–H and O–H groups in total. The maximum absolute atomic E-state index is 13.5. The summed E-state index contributed by atoms with van der Waals surface area (Å²) in [6.07, 6.45) is -2.05. The summed E-state index contributed by atoms with van der Waals surface area (Å²) >= 11 is 0. The van der Waals surface area contributed by atoms with E-state index in [2.05, 4.69) is 10.3 Å². The van der Waals surface area contributed by atoms with Gasteiger partial charge in [0.05, 0.1) is 22.8 Å². The quantitative estimate of drug-likeness (QED) is 0.539. The fourth-order valence-corrected chi connectivity index (χ4v) is 4.38. The number of piperidine rings is 1. The fraction of sp³-hybridized carbons (Fsp3) is 0.360. The van der Waals surface area contributed by atoms with Gasteiger partial charge in [0.2, 0.25) is 11.8 Å². The summed E-state index contributed by atoms with van der Waals surface area (Å²) in [5.74, 6) is -1.77. The lowest BCUT2D eigenvalue weighted by molar-refractivity contribution is -0.140. The summed E-state index contributed by atoms with van der Waals surface area (Å²) in [6, 6.07) is 7.92. The van der Waals surface area contributed by atoms with E-state index in [0.29, 0.717) is 36.1 Å². The van der Waals surface area contributed by atoms with Crippen LogP contribution in [-0.4, -0.2) is 39.4 Å². The van der Waals surface area contributed by atoms with E-state index >= 15 is 0 Å². The maximum atomic E-state index is 13.5. The van der Waals surface area contributed by atoms with Gasteiger partial charge >= 0.3 is 6.18 Å². The molecule has 1 aliphatic rings. The molecule has 36 heavy (non-hydrogen) atoms. The third-order valence-electron chi connectivity index (χ3n) is 6.40. The zero-order chi connectivity index (χ0) is 26.0. The van der Waals surface area contributed by atoms with Crippen LogP contribution in [0.2, 0.25) is 0 Å². The number of carbonyl (C=O) groups is 2. The third-order valence-corrected chi connectivity index (χ3v) is 6.40. The van der Waals surface area contributed by atoms with Crippen molar-refractivity contribution in [2.75, 3.05) is 13.1 Å². The van der Waals surface area contributed by atoms with Gasteiger partial charge in [0.1, 0.15) is 12.4 Å². The molecule has 4 rings (SSSR count). The Bertz CT molecular complexity index is 1360. The first-order valence-corrected chi connectivity index (χ1v) is 11.4. The monoisotopic (exact) mass is 504 g/mol. The van der Waals surface area contributed by atoms with E-state index in [-0.39, 0.29) is 30.5 Å². The molecule has 1 saturated heterocycles. The maximum Gasteiger partial charge on any atom is 0.419 e. The average molecular weight is 504 g/mol. The standard InChI is InChI=1S/C25H24F4N4O3/c1-15(34)32-8-6-17(7-9-32)18-3-5-22-19(11-18)24(36)33(14-31-22)13-23(35)30-12-16-2-4-21(26)20(10-16)25(27,28)29/h2-5,10-11,14,17H,6-9,12-13H2,1H3,(H,30,35). The molecule has 0 saturated carbocycles. The van der Waals surface area contributed by atoms with Crippen LogP contribution >= 0.6 is 0 Å². The molecule has 0 aliphatic carbocycles. The minimum absolute atomic E-state index is 0.0394. The van der Waals surface area contributed by atoms with Gasteiger partial charge in [0, 0.05) is 26.6 Å². The normalized spacial score (nSPS) is 14.8. The number of nitrogens with zero attached hydrogens (tertiary/aromatic N) is 3. The number of likely N-dealkylation sites (tertiary alicyclic amines) is 1. The second kappa shape index (κ2) is 10.1. The van der Waals surface area contributed by atoms with Crippen LogP contribution < -0.4 is 10.9 Å². The van der Waals surface area contributed by atoms with Crippen molar-refractivity contribution in [3.63, 3.8) is 0 Å². The number of hydrogen-bond acceptors (Lipinski definition) is 4. The van der Waals surface area contributed by atoms with E-state index < -0.39 is 29.0 Å². The molecule has 11 heteroatoms. The van der Waals surface area contributed by atoms with Crippen molar-refractivity contribution in [1.82, 2.24) is 19.8 Å². The minimum Gasteiger partial charge on any atom is -0.350 e. The molecule has 0 atom stereocenters. The van der Waals surface area contributed by atoms with Crippen LogP contribution in [0.4, 0.5) is 17.6 Å². The van der Waals surface area contributed by atoms with E-state index in [0.717, 1.165) is 29.0 Å². The number of aromatic nitrogens is 2.